The second-order valence-electron chi connectivity index (χ2n) is 5.23. The van der Waals surface area contributed by atoms with E-state index in [9.17, 15) is 4.79 Å². The molecule has 2 aliphatic heterocycles. The van der Waals surface area contributed by atoms with Crippen molar-refractivity contribution in [1.29, 1.82) is 0 Å². The predicted molar refractivity (Wildman–Crippen MR) is 71.2 cm³/mol. The minimum atomic E-state index is 0.224. The maximum atomic E-state index is 12.3. The van der Waals surface area contributed by atoms with Gasteiger partial charge in [-0.3, -0.25) is 4.79 Å². The molecule has 1 atom stereocenters. The molecule has 2 rings (SSSR count). The van der Waals surface area contributed by atoms with Crippen molar-refractivity contribution in [2.24, 2.45) is 11.8 Å². The van der Waals surface area contributed by atoms with Gasteiger partial charge in [-0.15, -0.1) is 0 Å². The lowest BCUT2D eigenvalue weighted by Crippen LogP contribution is -2.44. The molecule has 0 aromatic heterocycles. The van der Waals surface area contributed by atoms with E-state index in [1.54, 1.807) is 0 Å². The Bertz CT molecular complexity index is 256. The van der Waals surface area contributed by atoms with Crippen LogP contribution >= 0.6 is 15.9 Å². The standard InChI is InChI=1S/C13H22BrNO2/c1-10(14)11-2-6-15(7-3-11)13(16)12-4-8-17-9-5-12/h10-12H,2-9H2,1H3. The number of piperidine rings is 1. The van der Waals surface area contributed by atoms with Crippen LogP contribution in [0.3, 0.4) is 0 Å². The first-order chi connectivity index (χ1) is 8.18. The van der Waals surface area contributed by atoms with Crippen LogP contribution in [-0.2, 0) is 9.53 Å². The molecule has 98 valence electrons. The molecule has 2 saturated heterocycles. The number of halogens is 1. The molecule has 0 saturated carbocycles. The maximum Gasteiger partial charge on any atom is 0.225 e. The molecule has 1 unspecified atom stereocenters. The molecule has 0 spiro atoms. The molecular weight excluding hydrogens is 282 g/mol. The third-order valence-electron chi connectivity index (χ3n) is 4.07. The number of ether oxygens (including phenoxy) is 1. The van der Waals surface area contributed by atoms with Crippen molar-refractivity contribution in [3.05, 3.63) is 0 Å². The van der Waals surface area contributed by atoms with Crippen LogP contribution < -0.4 is 0 Å². The van der Waals surface area contributed by atoms with E-state index in [4.69, 9.17) is 4.74 Å². The summed E-state index contributed by atoms with van der Waals surface area (Å²) < 4.78 is 5.31. The highest BCUT2D eigenvalue weighted by molar-refractivity contribution is 9.09. The van der Waals surface area contributed by atoms with Crippen LogP contribution in [0.25, 0.3) is 0 Å². The summed E-state index contributed by atoms with van der Waals surface area (Å²) in [6, 6.07) is 0. The van der Waals surface area contributed by atoms with Crippen molar-refractivity contribution in [1.82, 2.24) is 4.90 Å². The molecule has 17 heavy (non-hydrogen) atoms. The van der Waals surface area contributed by atoms with E-state index in [-0.39, 0.29) is 5.92 Å². The Kier molecular flexibility index (Phi) is 4.86. The first-order valence-corrected chi connectivity index (χ1v) is 7.60. The van der Waals surface area contributed by atoms with E-state index in [2.05, 4.69) is 27.8 Å². The van der Waals surface area contributed by atoms with Gasteiger partial charge >= 0.3 is 0 Å². The lowest BCUT2D eigenvalue weighted by Gasteiger charge is -2.36. The van der Waals surface area contributed by atoms with Gasteiger partial charge in [0, 0.05) is 37.0 Å². The highest BCUT2D eigenvalue weighted by Gasteiger charge is 2.30. The number of nitrogens with zero attached hydrogens (tertiary/aromatic N) is 1. The third-order valence-corrected chi connectivity index (χ3v) is 4.82. The summed E-state index contributed by atoms with van der Waals surface area (Å²) in [6.45, 7) is 5.60. The fourth-order valence-electron chi connectivity index (χ4n) is 2.78. The number of hydrogen-bond donors (Lipinski definition) is 0. The van der Waals surface area contributed by atoms with Crippen LogP contribution in [0.15, 0.2) is 0 Å². The lowest BCUT2D eigenvalue weighted by molar-refractivity contribution is -0.139. The van der Waals surface area contributed by atoms with Crippen molar-refractivity contribution >= 4 is 21.8 Å². The van der Waals surface area contributed by atoms with Gasteiger partial charge in [0.2, 0.25) is 5.91 Å². The molecule has 0 aromatic rings. The van der Waals surface area contributed by atoms with Crippen LogP contribution in [0.1, 0.15) is 32.6 Å². The summed E-state index contributed by atoms with van der Waals surface area (Å²) in [5.74, 6) is 1.32. The maximum absolute atomic E-state index is 12.3. The van der Waals surface area contributed by atoms with Crippen LogP contribution in [-0.4, -0.2) is 41.9 Å². The number of carbonyl (C=O) groups is 1. The first kappa shape index (κ1) is 13.3. The van der Waals surface area contributed by atoms with E-state index in [0.717, 1.165) is 57.9 Å². The minimum absolute atomic E-state index is 0.224. The Hall–Kier alpha value is -0.0900. The van der Waals surface area contributed by atoms with Crippen molar-refractivity contribution in [3.63, 3.8) is 0 Å². The average molecular weight is 304 g/mol. The molecule has 2 aliphatic rings. The zero-order chi connectivity index (χ0) is 12.3. The summed E-state index contributed by atoms with van der Waals surface area (Å²) in [4.78, 5) is 14.9. The summed E-state index contributed by atoms with van der Waals surface area (Å²) in [5, 5.41) is 0. The van der Waals surface area contributed by atoms with Crippen molar-refractivity contribution in [2.45, 2.75) is 37.4 Å². The highest BCUT2D eigenvalue weighted by Crippen LogP contribution is 2.27. The summed E-state index contributed by atoms with van der Waals surface area (Å²) in [6.07, 6.45) is 4.10. The van der Waals surface area contributed by atoms with Gasteiger partial charge in [0.05, 0.1) is 0 Å². The molecule has 0 N–H and O–H groups in total. The third kappa shape index (κ3) is 3.44. The van der Waals surface area contributed by atoms with Gasteiger partial charge in [0.25, 0.3) is 0 Å². The Morgan fingerprint density at radius 3 is 2.35 bits per heavy atom. The average Bonchev–Trinajstić information content (AvgIpc) is 2.39. The largest absolute Gasteiger partial charge is 0.381 e. The van der Waals surface area contributed by atoms with Gasteiger partial charge in [-0.25, -0.2) is 0 Å². The van der Waals surface area contributed by atoms with Crippen LogP contribution in [0.4, 0.5) is 0 Å². The topological polar surface area (TPSA) is 29.5 Å². The van der Waals surface area contributed by atoms with Crippen LogP contribution in [0, 0.1) is 11.8 Å². The molecule has 3 nitrogen and oxygen atoms in total. The lowest BCUT2D eigenvalue weighted by atomic mass is 9.92. The first-order valence-electron chi connectivity index (χ1n) is 6.69. The molecule has 1 amide bonds. The zero-order valence-electron chi connectivity index (χ0n) is 10.5. The Labute approximate surface area is 112 Å². The van der Waals surface area contributed by atoms with Crippen molar-refractivity contribution in [3.8, 4) is 0 Å². The van der Waals surface area contributed by atoms with Crippen molar-refractivity contribution < 1.29 is 9.53 Å². The molecule has 2 fully saturated rings. The fourth-order valence-corrected chi connectivity index (χ4v) is 3.31. The molecule has 4 heteroatoms. The number of carbonyl (C=O) groups excluding carboxylic acids is 1. The second kappa shape index (κ2) is 6.19. The molecular formula is C13H22BrNO2. The van der Waals surface area contributed by atoms with Gasteiger partial charge in [-0.05, 0) is 31.6 Å². The summed E-state index contributed by atoms with van der Waals surface area (Å²) in [5.41, 5.74) is 0. The SMILES string of the molecule is CC(Br)C1CCN(C(=O)C2CCOCC2)CC1. The Morgan fingerprint density at radius 1 is 1.24 bits per heavy atom. The van der Waals surface area contributed by atoms with E-state index in [1.165, 1.54) is 0 Å². The monoisotopic (exact) mass is 303 g/mol. The van der Waals surface area contributed by atoms with Crippen LogP contribution in [0.2, 0.25) is 0 Å². The minimum Gasteiger partial charge on any atom is -0.381 e. The summed E-state index contributed by atoms with van der Waals surface area (Å²) in [7, 11) is 0. The van der Waals surface area contributed by atoms with Gasteiger partial charge < -0.3 is 9.64 Å². The molecule has 2 heterocycles. The fraction of sp³-hybridized carbons (Fsp3) is 0.923. The number of rotatable bonds is 2. The van der Waals surface area contributed by atoms with E-state index in [1.807, 2.05) is 0 Å². The van der Waals surface area contributed by atoms with Gasteiger partial charge in [-0.2, -0.15) is 0 Å². The smallest absolute Gasteiger partial charge is 0.225 e. The molecule has 0 aliphatic carbocycles. The van der Waals surface area contributed by atoms with E-state index < -0.39 is 0 Å². The number of alkyl halides is 1. The molecule has 0 aromatic carbocycles. The Balaban J connectivity index is 1.81. The number of amides is 1. The number of hydrogen-bond acceptors (Lipinski definition) is 2. The van der Waals surface area contributed by atoms with Gasteiger partial charge in [0.1, 0.15) is 0 Å². The van der Waals surface area contributed by atoms with E-state index >= 15 is 0 Å². The van der Waals surface area contributed by atoms with Crippen LogP contribution in [0.5, 0.6) is 0 Å². The van der Waals surface area contributed by atoms with Crippen molar-refractivity contribution in [2.75, 3.05) is 26.3 Å². The zero-order valence-corrected chi connectivity index (χ0v) is 12.1. The predicted octanol–water partition coefficient (Wildman–Crippen LogP) is 2.44. The molecule has 0 radical (unpaired) electrons. The van der Waals surface area contributed by atoms with E-state index in [0.29, 0.717) is 10.7 Å². The Morgan fingerprint density at radius 2 is 1.82 bits per heavy atom. The quantitative estimate of drug-likeness (QED) is 0.733. The van der Waals surface area contributed by atoms with Gasteiger partial charge in [0.15, 0.2) is 0 Å². The second-order valence-corrected chi connectivity index (χ2v) is 6.67. The highest BCUT2D eigenvalue weighted by atomic mass is 79.9. The molecule has 0 bridgehead atoms. The summed E-state index contributed by atoms with van der Waals surface area (Å²) >= 11 is 3.65. The normalized spacial score (nSPS) is 25.9. The van der Waals surface area contributed by atoms with Gasteiger partial charge in [-0.1, -0.05) is 22.9 Å². The number of likely N-dealkylation sites (tertiary alicyclic amines) is 1.